The molecule has 174 valence electrons. The van der Waals surface area contributed by atoms with Crippen molar-refractivity contribution in [1.29, 1.82) is 0 Å². The van der Waals surface area contributed by atoms with E-state index in [1.165, 1.54) is 17.2 Å². The van der Waals surface area contributed by atoms with Crippen molar-refractivity contribution in [1.82, 2.24) is 10.3 Å². The highest BCUT2D eigenvalue weighted by Crippen LogP contribution is 2.23. The number of esters is 1. The number of nitrogens with one attached hydrogen (secondary N) is 1. The number of nitro groups is 1. The Morgan fingerprint density at radius 2 is 1.88 bits per heavy atom. The van der Waals surface area contributed by atoms with E-state index in [4.69, 9.17) is 4.74 Å². The summed E-state index contributed by atoms with van der Waals surface area (Å²) in [5, 5.41) is 14.0. The SMILES string of the molecule is CCOC(=O)c1cc(C(=O)NCc2ccc(N3CCc4ccccc4C3)nc2)cc([N+](=O)[O-])c1. The zero-order valence-electron chi connectivity index (χ0n) is 18.7. The van der Waals surface area contributed by atoms with E-state index in [0.29, 0.717) is 0 Å². The molecule has 0 spiro atoms. The lowest BCUT2D eigenvalue weighted by atomic mass is 10.00. The number of amides is 1. The summed E-state index contributed by atoms with van der Waals surface area (Å²) in [7, 11) is 0. The van der Waals surface area contributed by atoms with Crippen molar-refractivity contribution >= 4 is 23.4 Å². The highest BCUT2D eigenvalue weighted by atomic mass is 16.6. The van der Waals surface area contributed by atoms with E-state index in [0.717, 1.165) is 43.0 Å². The largest absolute Gasteiger partial charge is 0.462 e. The van der Waals surface area contributed by atoms with Crippen LogP contribution in [0.4, 0.5) is 11.5 Å². The van der Waals surface area contributed by atoms with Gasteiger partial charge in [-0.15, -0.1) is 0 Å². The Balaban J connectivity index is 1.41. The predicted octanol–water partition coefficient (Wildman–Crippen LogP) is 3.66. The van der Waals surface area contributed by atoms with Crippen molar-refractivity contribution < 1.29 is 19.2 Å². The number of nitro benzene ring substituents is 1. The summed E-state index contributed by atoms with van der Waals surface area (Å²) < 4.78 is 4.90. The predicted molar refractivity (Wildman–Crippen MR) is 126 cm³/mol. The average Bonchev–Trinajstić information content (AvgIpc) is 2.87. The summed E-state index contributed by atoms with van der Waals surface area (Å²) in [6.07, 6.45) is 2.67. The van der Waals surface area contributed by atoms with Gasteiger partial charge in [0.2, 0.25) is 0 Å². The molecule has 0 saturated heterocycles. The number of benzene rings is 2. The van der Waals surface area contributed by atoms with Gasteiger partial charge in [-0.05, 0) is 42.2 Å². The normalized spacial score (nSPS) is 12.6. The molecule has 1 N–H and O–H groups in total. The summed E-state index contributed by atoms with van der Waals surface area (Å²) in [5.74, 6) is -0.395. The lowest BCUT2D eigenvalue weighted by Gasteiger charge is -2.29. The summed E-state index contributed by atoms with van der Waals surface area (Å²) in [6.45, 7) is 3.62. The van der Waals surface area contributed by atoms with E-state index in [2.05, 4.69) is 33.4 Å². The van der Waals surface area contributed by atoms with Crippen LogP contribution in [0.1, 0.15) is 44.3 Å². The molecular formula is C25H24N4O5. The first kappa shape index (κ1) is 22.9. The van der Waals surface area contributed by atoms with Crippen LogP contribution in [-0.4, -0.2) is 34.9 Å². The van der Waals surface area contributed by atoms with E-state index in [1.54, 1.807) is 13.1 Å². The molecule has 3 aromatic rings. The number of hydrogen-bond donors (Lipinski definition) is 1. The number of fused-ring (bicyclic) bond motifs is 1. The quantitative estimate of drug-likeness (QED) is 0.325. The number of ether oxygens (including phenoxy) is 1. The van der Waals surface area contributed by atoms with Crippen LogP contribution in [0.15, 0.2) is 60.8 Å². The van der Waals surface area contributed by atoms with Gasteiger partial charge in [0.1, 0.15) is 5.82 Å². The topological polar surface area (TPSA) is 115 Å². The molecule has 1 aromatic heterocycles. The molecule has 9 nitrogen and oxygen atoms in total. The molecule has 1 amide bonds. The molecular weight excluding hydrogens is 436 g/mol. The van der Waals surface area contributed by atoms with Crippen LogP contribution in [0.5, 0.6) is 0 Å². The molecule has 1 aliphatic rings. The number of carbonyl (C=O) groups is 2. The Morgan fingerprint density at radius 1 is 1.12 bits per heavy atom. The van der Waals surface area contributed by atoms with Crippen LogP contribution >= 0.6 is 0 Å². The third-order valence-corrected chi connectivity index (χ3v) is 5.62. The van der Waals surface area contributed by atoms with Crippen molar-refractivity contribution in [3.05, 3.63) is 98.7 Å². The Labute approximate surface area is 196 Å². The van der Waals surface area contributed by atoms with Gasteiger partial charge in [0.15, 0.2) is 0 Å². The van der Waals surface area contributed by atoms with E-state index in [-0.39, 0.29) is 30.0 Å². The summed E-state index contributed by atoms with van der Waals surface area (Å²) in [5.41, 5.74) is 3.05. The number of pyridine rings is 1. The number of carbonyl (C=O) groups excluding carboxylic acids is 2. The third kappa shape index (κ3) is 5.20. The molecule has 0 bridgehead atoms. The first-order valence-corrected chi connectivity index (χ1v) is 11.0. The smallest absolute Gasteiger partial charge is 0.338 e. The Hall–Kier alpha value is -4.27. The van der Waals surface area contributed by atoms with E-state index < -0.39 is 16.8 Å². The van der Waals surface area contributed by atoms with Crippen LogP contribution in [0.25, 0.3) is 0 Å². The molecule has 0 unspecified atom stereocenters. The highest BCUT2D eigenvalue weighted by Gasteiger charge is 2.19. The standard InChI is InChI=1S/C25H24N4O5/c1-2-34-25(31)21-11-20(12-22(13-21)29(32)33)24(30)27-15-17-7-8-23(26-14-17)28-10-9-18-5-3-4-6-19(18)16-28/h3-8,11-14H,2,9-10,15-16H2,1H3,(H,27,30). The van der Waals surface area contributed by atoms with Gasteiger partial charge in [0.25, 0.3) is 11.6 Å². The average molecular weight is 460 g/mol. The summed E-state index contributed by atoms with van der Waals surface area (Å²) in [6, 6.07) is 15.7. The number of hydrogen-bond acceptors (Lipinski definition) is 7. The van der Waals surface area contributed by atoms with E-state index in [9.17, 15) is 19.7 Å². The van der Waals surface area contributed by atoms with Gasteiger partial charge < -0.3 is 15.0 Å². The van der Waals surface area contributed by atoms with Crippen LogP contribution in [0, 0.1) is 10.1 Å². The molecule has 0 atom stereocenters. The van der Waals surface area contributed by atoms with Gasteiger partial charge in [-0.2, -0.15) is 0 Å². The summed E-state index contributed by atoms with van der Waals surface area (Å²) in [4.78, 5) is 42.0. The lowest BCUT2D eigenvalue weighted by molar-refractivity contribution is -0.384. The fraction of sp³-hybridized carbons (Fsp3) is 0.240. The van der Waals surface area contributed by atoms with Crippen molar-refractivity contribution in [3.8, 4) is 0 Å². The second-order valence-electron chi connectivity index (χ2n) is 7.89. The van der Waals surface area contributed by atoms with E-state index >= 15 is 0 Å². The van der Waals surface area contributed by atoms with Gasteiger partial charge in [0, 0.05) is 43.5 Å². The number of anilines is 1. The monoisotopic (exact) mass is 460 g/mol. The molecule has 1 aliphatic heterocycles. The maximum atomic E-state index is 12.6. The maximum Gasteiger partial charge on any atom is 0.338 e. The van der Waals surface area contributed by atoms with E-state index in [1.807, 2.05) is 18.2 Å². The molecule has 4 rings (SSSR count). The molecule has 0 aliphatic carbocycles. The molecule has 9 heteroatoms. The van der Waals surface area contributed by atoms with Crippen molar-refractivity contribution in [2.75, 3.05) is 18.1 Å². The second kappa shape index (κ2) is 10.1. The molecule has 2 heterocycles. The number of non-ortho nitro benzene ring substituents is 1. The minimum absolute atomic E-state index is 0.00816. The van der Waals surface area contributed by atoms with Crippen LogP contribution in [0.2, 0.25) is 0 Å². The molecule has 34 heavy (non-hydrogen) atoms. The number of aromatic nitrogens is 1. The number of rotatable bonds is 7. The lowest BCUT2D eigenvalue weighted by Crippen LogP contribution is -2.31. The first-order valence-electron chi connectivity index (χ1n) is 11.0. The fourth-order valence-corrected chi connectivity index (χ4v) is 3.86. The highest BCUT2D eigenvalue weighted by molar-refractivity contribution is 5.99. The van der Waals surface area contributed by atoms with Crippen molar-refractivity contribution in [2.45, 2.75) is 26.4 Å². The van der Waals surface area contributed by atoms with Gasteiger partial charge in [-0.25, -0.2) is 9.78 Å². The van der Waals surface area contributed by atoms with Crippen molar-refractivity contribution in [2.24, 2.45) is 0 Å². The molecule has 0 radical (unpaired) electrons. The van der Waals surface area contributed by atoms with Gasteiger partial charge in [-0.1, -0.05) is 30.3 Å². The zero-order chi connectivity index (χ0) is 24.1. The third-order valence-electron chi connectivity index (χ3n) is 5.62. The number of nitrogens with zero attached hydrogens (tertiary/aromatic N) is 3. The minimum atomic E-state index is -0.722. The van der Waals surface area contributed by atoms with Crippen LogP contribution < -0.4 is 10.2 Å². The van der Waals surface area contributed by atoms with Crippen molar-refractivity contribution in [3.63, 3.8) is 0 Å². The van der Waals surface area contributed by atoms with Crippen LogP contribution in [0.3, 0.4) is 0 Å². The fourth-order valence-electron chi connectivity index (χ4n) is 3.86. The molecule has 0 fully saturated rings. The Morgan fingerprint density at radius 3 is 2.59 bits per heavy atom. The van der Waals surface area contributed by atoms with Gasteiger partial charge in [0.05, 0.1) is 17.1 Å². The zero-order valence-corrected chi connectivity index (χ0v) is 18.7. The maximum absolute atomic E-state index is 12.6. The Kier molecular flexibility index (Phi) is 6.82. The Bertz CT molecular complexity index is 1230. The van der Waals surface area contributed by atoms with Crippen LogP contribution in [-0.2, 0) is 24.2 Å². The minimum Gasteiger partial charge on any atom is -0.462 e. The molecule has 0 saturated carbocycles. The second-order valence-corrected chi connectivity index (χ2v) is 7.89. The molecule has 2 aromatic carbocycles. The van der Waals surface area contributed by atoms with Gasteiger partial charge in [-0.3, -0.25) is 14.9 Å². The van der Waals surface area contributed by atoms with Gasteiger partial charge >= 0.3 is 5.97 Å². The first-order chi connectivity index (χ1) is 16.4. The summed E-state index contributed by atoms with van der Waals surface area (Å²) >= 11 is 0.